The van der Waals surface area contributed by atoms with E-state index in [1.165, 1.54) is 12.8 Å². The van der Waals surface area contributed by atoms with Crippen molar-refractivity contribution in [3.8, 4) is 0 Å². The van der Waals surface area contributed by atoms with E-state index in [0.29, 0.717) is 19.3 Å². The van der Waals surface area contributed by atoms with Gasteiger partial charge in [-0.1, -0.05) is 18.2 Å². The second kappa shape index (κ2) is 6.60. The molecule has 4 heteroatoms. The van der Waals surface area contributed by atoms with Gasteiger partial charge in [-0.2, -0.15) is 0 Å². The zero-order valence-electron chi connectivity index (χ0n) is 12.7. The first-order valence-corrected chi connectivity index (χ1v) is 7.61. The number of furan rings is 1. The first-order valence-electron chi connectivity index (χ1n) is 7.61. The SMILES string of the molecule is COCC(C)OCc1c(CNC2CC2)oc2ccccc12. The van der Waals surface area contributed by atoms with Gasteiger partial charge in [0.05, 0.1) is 25.9 Å². The zero-order valence-corrected chi connectivity index (χ0v) is 12.7. The Kier molecular flexibility index (Phi) is 4.58. The molecule has 1 aromatic heterocycles. The largest absolute Gasteiger partial charge is 0.459 e. The molecule has 21 heavy (non-hydrogen) atoms. The quantitative estimate of drug-likeness (QED) is 0.810. The molecule has 4 nitrogen and oxygen atoms in total. The number of nitrogens with one attached hydrogen (secondary N) is 1. The molecule has 1 aliphatic carbocycles. The van der Waals surface area contributed by atoms with Crippen LogP contribution in [-0.4, -0.2) is 25.9 Å². The van der Waals surface area contributed by atoms with Crippen LogP contribution in [0.3, 0.4) is 0 Å². The van der Waals surface area contributed by atoms with Gasteiger partial charge in [0.1, 0.15) is 11.3 Å². The van der Waals surface area contributed by atoms with Crippen LogP contribution in [0.2, 0.25) is 0 Å². The van der Waals surface area contributed by atoms with E-state index in [9.17, 15) is 0 Å². The number of benzene rings is 1. The van der Waals surface area contributed by atoms with Gasteiger partial charge in [0, 0.05) is 24.1 Å². The minimum Gasteiger partial charge on any atom is -0.459 e. The number of methoxy groups -OCH3 is 1. The van der Waals surface area contributed by atoms with Crippen molar-refractivity contribution in [3.05, 3.63) is 35.6 Å². The molecule has 1 saturated carbocycles. The van der Waals surface area contributed by atoms with Gasteiger partial charge in [-0.25, -0.2) is 0 Å². The van der Waals surface area contributed by atoms with Crippen LogP contribution in [0.4, 0.5) is 0 Å². The van der Waals surface area contributed by atoms with Crippen LogP contribution in [0, 0.1) is 0 Å². The smallest absolute Gasteiger partial charge is 0.134 e. The lowest BCUT2D eigenvalue weighted by Crippen LogP contribution is -2.17. The van der Waals surface area contributed by atoms with Gasteiger partial charge in [-0.05, 0) is 25.8 Å². The number of ether oxygens (including phenoxy) is 2. The van der Waals surface area contributed by atoms with Gasteiger partial charge in [-0.15, -0.1) is 0 Å². The lowest BCUT2D eigenvalue weighted by Gasteiger charge is -2.12. The van der Waals surface area contributed by atoms with Gasteiger partial charge in [0.2, 0.25) is 0 Å². The monoisotopic (exact) mass is 289 g/mol. The summed E-state index contributed by atoms with van der Waals surface area (Å²) in [4.78, 5) is 0. The van der Waals surface area contributed by atoms with Gasteiger partial charge >= 0.3 is 0 Å². The Hall–Kier alpha value is -1.36. The minimum atomic E-state index is 0.0768. The average molecular weight is 289 g/mol. The highest BCUT2D eigenvalue weighted by Gasteiger charge is 2.22. The zero-order chi connectivity index (χ0) is 14.7. The number of hydrogen-bond acceptors (Lipinski definition) is 4. The number of fused-ring (bicyclic) bond motifs is 1. The summed E-state index contributed by atoms with van der Waals surface area (Å²) >= 11 is 0. The first kappa shape index (κ1) is 14.6. The van der Waals surface area contributed by atoms with Crippen LogP contribution < -0.4 is 5.32 Å². The minimum absolute atomic E-state index is 0.0768. The molecule has 1 heterocycles. The maximum absolute atomic E-state index is 6.00. The molecule has 114 valence electrons. The lowest BCUT2D eigenvalue weighted by atomic mass is 10.1. The fourth-order valence-corrected chi connectivity index (χ4v) is 2.48. The molecule has 0 amide bonds. The molecular weight excluding hydrogens is 266 g/mol. The Labute approximate surface area is 125 Å². The van der Waals surface area contributed by atoms with Gasteiger partial charge in [-0.3, -0.25) is 0 Å². The standard InChI is InChI=1S/C17H23NO3/c1-12(10-19-2)20-11-15-14-5-3-4-6-16(14)21-17(15)9-18-13-7-8-13/h3-6,12-13,18H,7-11H2,1-2H3. The van der Waals surface area contributed by atoms with E-state index in [0.717, 1.165) is 28.8 Å². The second-order valence-corrected chi connectivity index (χ2v) is 5.73. The van der Waals surface area contributed by atoms with Crippen molar-refractivity contribution in [2.24, 2.45) is 0 Å². The predicted molar refractivity (Wildman–Crippen MR) is 82.2 cm³/mol. The molecule has 0 spiro atoms. The van der Waals surface area contributed by atoms with Crippen LogP contribution in [0.25, 0.3) is 11.0 Å². The Bertz CT molecular complexity index is 589. The highest BCUT2D eigenvalue weighted by molar-refractivity contribution is 5.82. The Morgan fingerprint density at radius 2 is 2.14 bits per heavy atom. The Morgan fingerprint density at radius 3 is 2.90 bits per heavy atom. The lowest BCUT2D eigenvalue weighted by molar-refractivity contribution is -0.000274. The van der Waals surface area contributed by atoms with Crippen LogP contribution in [0.15, 0.2) is 28.7 Å². The van der Waals surface area contributed by atoms with E-state index in [1.54, 1.807) is 7.11 Å². The number of rotatable bonds is 8. The molecule has 1 aromatic carbocycles. The van der Waals surface area contributed by atoms with Crippen LogP contribution in [0.5, 0.6) is 0 Å². The summed E-state index contributed by atoms with van der Waals surface area (Å²) in [7, 11) is 1.69. The third-order valence-corrected chi connectivity index (χ3v) is 3.82. The van der Waals surface area contributed by atoms with Gasteiger partial charge in [0.15, 0.2) is 0 Å². The summed E-state index contributed by atoms with van der Waals surface area (Å²) in [5, 5.41) is 4.66. The molecular formula is C17H23NO3. The predicted octanol–water partition coefficient (Wildman–Crippen LogP) is 3.24. The Morgan fingerprint density at radius 1 is 1.33 bits per heavy atom. The van der Waals surface area contributed by atoms with E-state index in [2.05, 4.69) is 11.4 Å². The fourth-order valence-electron chi connectivity index (χ4n) is 2.48. The Balaban J connectivity index is 1.76. The van der Waals surface area contributed by atoms with Crippen molar-refractivity contribution < 1.29 is 13.9 Å². The second-order valence-electron chi connectivity index (χ2n) is 5.73. The van der Waals surface area contributed by atoms with Crippen molar-refractivity contribution in [1.82, 2.24) is 5.32 Å². The van der Waals surface area contributed by atoms with Crippen LogP contribution >= 0.6 is 0 Å². The highest BCUT2D eigenvalue weighted by Crippen LogP contribution is 2.28. The average Bonchev–Trinajstić information content (AvgIpc) is 3.24. The maximum Gasteiger partial charge on any atom is 0.134 e. The summed E-state index contributed by atoms with van der Waals surface area (Å²) in [6, 6.07) is 8.82. The normalized spacial score (nSPS) is 16.5. The molecule has 1 atom stereocenters. The molecule has 2 aromatic rings. The summed E-state index contributed by atoms with van der Waals surface area (Å²) in [5.41, 5.74) is 2.09. The maximum atomic E-state index is 6.00. The van der Waals surface area contributed by atoms with E-state index < -0.39 is 0 Å². The first-order chi connectivity index (χ1) is 10.3. The van der Waals surface area contributed by atoms with Crippen molar-refractivity contribution in [2.45, 2.75) is 45.1 Å². The van der Waals surface area contributed by atoms with E-state index in [4.69, 9.17) is 13.9 Å². The molecule has 1 fully saturated rings. The summed E-state index contributed by atoms with van der Waals surface area (Å²) in [6.07, 6.45) is 2.63. The fraction of sp³-hybridized carbons (Fsp3) is 0.529. The third-order valence-electron chi connectivity index (χ3n) is 3.82. The molecule has 0 radical (unpaired) electrons. The molecule has 0 bridgehead atoms. The van der Waals surface area contributed by atoms with Crippen LogP contribution in [0.1, 0.15) is 31.1 Å². The molecule has 1 unspecified atom stereocenters. The van der Waals surface area contributed by atoms with Crippen molar-refractivity contribution in [3.63, 3.8) is 0 Å². The number of para-hydroxylation sites is 1. The highest BCUT2D eigenvalue weighted by atomic mass is 16.5. The van der Waals surface area contributed by atoms with Gasteiger partial charge < -0.3 is 19.2 Å². The van der Waals surface area contributed by atoms with Gasteiger partial charge in [0.25, 0.3) is 0 Å². The van der Waals surface area contributed by atoms with Crippen molar-refractivity contribution in [2.75, 3.05) is 13.7 Å². The molecule has 1 N–H and O–H groups in total. The van der Waals surface area contributed by atoms with E-state index in [1.807, 2.05) is 25.1 Å². The summed E-state index contributed by atoms with van der Waals surface area (Å²) < 4.78 is 17.0. The third kappa shape index (κ3) is 3.64. The summed E-state index contributed by atoms with van der Waals surface area (Å²) in [6.45, 7) is 3.96. The summed E-state index contributed by atoms with van der Waals surface area (Å²) in [5.74, 6) is 0.993. The molecule has 0 saturated heterocycles. The molecule has 0 aliphatic heterocycles. The topological polar surface area (TPSA) is 43.6 Å². The van der Waals surface area contributed by atoms with Crippen molar-refractivity contribution in [1.29, 1.82) is 0 Å². The molecule has 1 aliphatic rings. The molecule has 3 rings (SSSR count). The van der Waals surface area contributed by atoms with E-state index in [-0.39, 0.29) is 6.10 Å². The van der Waals surface area contributed by atoms with Crippen molar-refractivity contribution >= 4 is 11.0 Å². The number of hydrogen-bond donors (Lipinski definition) is 1. The van der Waals surface area contributed by atoms with E-state index >= 15 is 0 Å². The van der Waals surface area contributed by atoms with Crippen LogP contribution in [-0.2, 0) is 22.6 Å².